The summed E-state index contributed by atoms with van der Waals surface area (Å²) in [6.45, 7) is 7.54. The summed E-state index contributed by atoms with van der Waals surface area (Å²) in [6.07, 6.45) is 1.30. The molecule has 0 unspecified atom stereocenters. The van der Waals surface area contributed by atoms with Gasteiger partial charge in [0.05, 0.1) is 6.42 Å². The van der Waals surface area contributed by atoms with Gasteiger partial charge < -0.3 is 11.1 Å². The molecule has 1 aromatic rings. The van der Waals surface area contributed by atoms with Gasteiger partial charge in [-0.3, -0.25) is 15.0 Å². The van der Waals surface area contributed by atoms with E-state index < -0.39 is 5.91 Å². The van der Waals surface area contributed by atoms with Crippen molar-refractivity contribution < 1.29 is 9.59 Å². The lowest BCUT2D eigenvalue weighted by molar-refractivity contribution is -0.115. The molecule has 4 N–H and O–H groups in total. The normalized spacial score (nSPS) is 10.8. The van der Waals surface area contributed by atoms with Gasteiger partial charge in [-0.15, -0.1) is 0 Å². The Morgan fingerprint density at radius 3 is 2.46 bits per heavy atom. The van der Waals surface area contributed by atoms with Gasteiger partial charge in [-0.05, 0) is 69.2 Å². The monoisotopic (exact) mass is 346 g/mol. The number of nitrogens with zero attached hydrogens (tertiary/aromatic N) is 1. The maximum Gasteiger partial charge on any atom is 0.272 e. The number of benzene rings is 1. The number of hydrazone groups is 1. The second-order valence-electron chi connectivity index (χ2n) is 5.65. The standard InChI is InChI=1S/C17H22N4O2S/c1-10(2)7-14(22)9-15(20-21-17(18)24)16(23)19-13-6-5-11(3)12(4)8-13/h5-8H,9H2,1-4H3,(H,19,23)(H3,18,21,24)/b20-15-. The minimum absolute atomic E-state index is 0.00327. The van der Waals surface area contributed by atoms with Crippen molar-refractivity contribution in [3.8, 4) is 0 Å². The maximum atomic E-state index is 12.4. The molecule has 24 heavy (non-hydrogen) atoms. The van der Waals surface area contributed by atoms with E-state index in [1.165, 1.54) is 6.08 Å². The van der Waals surface area contributed by atoms with Crippen molar-refractivity contribution in [2.45, 2.75) is 34.1 Å². The number of ketones is 1. The van der Waals surface area contributed by atoms with Crippen LogP contribution in [0.15, 0.2) is 34.9 Å². The molecule has 6 nitrogen and oxygen atoms in total. The van der Waals surface area contributed by atoms with Crippen molar-refractivity contribution in [2.75, 3.05) is 5.32 Å². The highest BCUT2D eigenvalue weighted by Gasteiger charge is 2.16. The van der Waals surface area contributed by atoms with Crippen LogP contribution in [0.4, 0.5) is 5.69 Å². The smallest absolute Gasteiger partial charge is 0.272 e. The zero-order valence-corrected chi connectivity index (χ0v) is 15.1. The van der Waals surface area contributed by atoms with Crippen LogP contribution in [0.5, 0.6) is 0 Å². The molecular formula is C17H22N4O2S. The van der Waals surface area contributed by atoms with Crippen molar-refractivity contribution in [2.24, 2.45) is 10.8 Å². The van der Waals surface area contributed by atoms with E-state index in [1.54, 1.807) is 19.9 Å². The highest BCUT2D eigenvalue weighted by atomic mass is 32.1. The van der Waals surface area contributed by atoms with Gasteiger partial charge in [-0.25, -0.2) is 0 Å². The highest BCUT2D eigenvalue weighted by Crippen LogP contribution is 2.14. The number of hydrogen-bond donors (Lipinski definition) is 3. The minimum atomic E-state index is -0.488. The first-order chi connectivity index (χ1) is 11.2. The molecule has 0 aliphatic carbocycles. The van der Waals surface area contributed by atoms with Crippen molar-refractivity contribution in [1.82, 2.24) is 5.43 Å². The third kappa shape index (κ3) is 6.70. The van der Waals surface area contributed by atoms with Gasteiger partial charge in [0, 0.05) is 5.69 Å². The Morgan fingerprint density at radius 2 is 1.92 bits per heavy atom. The number of carbonyl (C=O) groups excluding carboxylic acids is 2. The molecule has 1 amide bonds. The second kappa shape index (κ2) is 8.93. The molecule has 0 heterocycles. The first kappa shape index (κ1) is 19.5. The Bertz CT molecular complexity index is 719. The van der Waals surface area contributed by atoms with Crippen LogP contribution >= 0.6 is 12.2 Å². The number of carbonyl (C=O) groups is 2. The van der Waals surface area contributed by atoms with Gasteiger partial charge in [0.2, 0.25) is 0 Å². The predicted octanol–water partition coefficient (Wildman–Crippen LogP) is 2.36. The summed E-state index contributed by atoms with van der Waals surface area (Å²) >= 11 is 4.68. The number of amides is 1. The van der Waals surface area contributed by atoms with E-state index in [2.05, 4.69) is 28.1 Å². The number of nitrogens with two attached hydrogens (primary N) is 1. The lowest BCUT2D eigenvalue weighted by Crippen LogP contribution is -2.31. The molecule has 7 heteroatoms. The molecule has 0 fully saturated rings. The maximum absolute atomic E-state index is 12.4. The Hall–Kier alpha value is -2.54. The third-order valence-corrected chi connectivity index (χ3v) is 3.21. The lowest BCUT2D eigenvalue weighted by atomic mass is 10.1. The van der Waals surface area contributed by atoms with Gasteiger partial charge >= 0.3 is 0 Å². The number of thiocarbonyl (C=S) groups is 1. The molecule has 0 bridgehead atoms. The third-order valence-electron chi connectivity index (χ3n) is 3.12. The molecule has 0 aliphatic rings. The van der Waals surface area contributed by atoms with Crippen LogP contribution in [0, 0.1) is 13.8 Å². The van der Waals surface area contributed by atoms with Crippen molar-refractivity contribution >= 4 is 40.4 Å². The Kier molecular flexibility index (Phi) is 7.26. The fourth-order valence-electron chi connectivity index (χ4n) is 1.85. The molecule has 0 aliphatic heterocycles. The van der Waals surface area contributed by atoms with Crippen LogP contribution in [0.25, 0.3) is 0 Å². The molecule has 1 aromatic carbocycles. The van der Waals surface area contributed by atoms with Crippen LogP contribution in [-0.2, 0) is 9.59 Å². The Labute approximate surface area is 147 Å². The van der Waals surface area contributed by atoms with Gasteiger partial charge in [-0.2, -0.15) is 5.10 Å². The van der Waals surface area contributed by atoms with Gasteiger partial charge in [0.1, 0.15) is 5.71 Å². The van der Waals surface area contributed by atoms with E-state index >= 15 is 0 Å². The number of aryl methyl sites for hydroxylation is 2. The number of anilines is 1. The molecule has 1 rings (SSSR count). The summed E-state index contributed by atoms with van der Waals surface area (Å²) in [5.41, 5.74) is 11.3. The molecular weight excluding hydrogens is 324 g/mol. The van der Waals surface area contributed by atoms with Gasteiger partial charge in [0.15, 0.2) is 10.9 Å². The van der Waals surface area contributed by atoms with Crippen LogP contribution in [0.2, 0.25) is 0 Å². The van der Waals surface area contributed by atoms with Gasteiger partial charge in [0.25, 0.3) is 5.91 Å². The van der Waals surface area contributed by atoms with E-state index in [-0.39, 0.29) is 23.0 Å². The summed E-state index contributed by atoms with van der Waals surface area (Å²) < 4.78 is 0. The topological polar surface area (TPSA) is 96.6 Å². The zero-order valence-electron chi connectivity index (χ0n) is 14.3. The molecule has 128 valence electrons. The average molecular weight is 346 g/mol. The molecule has 0 spiro atoms. The van der Waals surface area contributed by atoms with Crippen LogP contribution < -0.4 is 16.5 Å². The fourth-order valence-corrected chi connectivity index (χ4v) is 1.90. The average Bonchev–Trinajstić information content (AvgIpc) is 2.46. The minimum Gasteiger partial charge on any atom is -0.375 e. The Morgan fingerprint density at radius 1 is 1.25 bits per heavy atom. The van der Waals surface area contributed by atoms with Crippen molar-refractivity contribution in [1.29, 1.82) is 0 Å². The van der Waals surface area contributed by atoms with E-state index in [1.807, 2.05) is 26.0 Å². The summed E-state index contributed by atoms with van der Waals surface area (Å²) in [5.74, 6) is -0.716. The van der Waals surface area contributed by atoms with E-state index in [4.69, 9.17) is 5.73 Å². The van der Waals surface area contributed by atoms with Crippen LogP contribution in [0.1, 0.15) is 31.4 Å². The van der Waals surface area contributed by atoms with E-state index in [0.29, 0.717) is 5.69 Å². The summed E-state index contributed by atoms with van der Waals surface area (Å²) in [4.78, 5) is 24.3. The summed E-state index contributed by atoms with van der Waals surface area (Å²) in [7, 11) is 0. The number of rotatable bonds is 6. The molecule has 0 radical (unpaired) electrons. The number of hydrogen-bond acceptors (Lipinski definition) is 4. The summed E-state index contributed by atoms with van der Waals surface area (Å²) in [6, 6.07) is 5.55. The largest absolute Gasteiger partial charge is 0.375 e. The fraction of sp³-hybridized carbons (Fsp3) is 0.294. The highest BCUT2D eigenvalue weighted by molar-refractivity contribution is 7.80. The molecule has 0 saturated carbocycles. The molecule has 0 saturated heterocycles. The molecule has 0 atom stereocenters. The zero-order chi connectivity index (χ0) is 18.3. The second-order valence-corrected chi connectivity index (χ2v) is 6.09. The Balaban J connectivity index is 2.96. The SMILES string of the molecule is CC(C)=CC(=O)C/C(=N/NC(N)=S)C(=O)Nc1ccc(C)c(C)c1. The lowest BCUT2D eigenvalue weighted by Gasteiger charge is -2.09. The van der Waals surface area contributed by atoms with E-state index in [0.717, 1.165) is 16.7 Å². The first-order valence-electron chi connectivity index (χ1n) is 7.37. The molecule has 0 aromatic heterocycles. The van der Waals surface area contributed by atoms with E-state index in [9.17, 15) is 9.59 Å². The van der Waals surface area contributed by atoms with Crippen LogP contribution in [-0.4, -0.2) is 22.5 Å². The first-order valence-corrected chi connectivity index (χ1v) is 7.78. The van der Waals surface area contributed by atoms with Crippen molar-refractivity contribution in [3.05, 3.63) is 41.0 Å². The van der Waals surface area contributed by atoms with Crippen molar-refractivity contribution in [3.63, 3.8) is 0 Å². The quantitative estimate of drug-likeness (QED) is 0.318. The summed E-state index contributed by atoms with van der Waals surface area (Å²) in [5, 5.41) is 6.49. The predicted molar refractivity (Wildman–Crippen MR) is 101 cm³/mol. The van der Waals surface area contributed by atoms with Crippen LogP contribution in [0.3, 0.4) is 0 Å². The number of nitrogens with one attached hydrogen (secondary N) is 2. The van der Waals surface area contributed by atoms with Gasteiger partial charge in [-0.1, -0.05) is 11.6 Å². The number of allylic oxidation sites excluding steroid dienone is 2.